The van der Waals surface area contributed by atoms with E-state index >= 15 is 0 Å². The zero-order valence-corrected chi connectivity index (χ0v) is 12.3. The molecule has 0 unspecified atom stereocenters. The van der Waals surface area contributed by atoms with Crippen molar-refractivity contribution in [2.24, 2.45) is 0 Å². The number of aryl methyl sites for hydroxylation is 3. The Morgan fingerprint density at radius 1 is 1.33 bits per heavy atom. The highest BCUT2D eigenvalue weighted by atomic mass is 16.4. The molecule has 0 radical (unpaired) electrons. The minimum absolute atomic E-state index is 0.0993. The van der Waals surface area contributed by atoms with Gasteiger partial charge in [-0.25, -0.2) is 4.98 Å². The molecule has 1 aromatic heterocycles. The van der Waals surface area contributed by atoms with E-state index in [0.717, 1.165) is 35.7 Å². The largest absolute Gasteiger partial charge is 0.444 e. The van der Waals surface area contributed by atoms with Crippen LogP contribution in [0.1, 0.15) is 35.7 Å². The number of rotatable bonds is 3. The molecule has 0 saturated carbocycles. The van der Waals surface area contributed by atoms with Crippen LogP contribution in [0.2, 0.25) is 0 Å². The van der Waals surface area contributed by atoms with Crippen LogP contribution in [0.25, 0.3) is 0 Å². The van der Waals surface area contributed by atoms with E-state index in [1.54, 1.807) is 0 Å². The van der Waals surface area contributed by atoms with Gasteiger partial charge in [0, 0.05) is 24.7 Å². The zero-order valence-electron chi connectivity index (χ0n) is 12.3. The van der Waals surface area contributed by atoms with Crippen molar-refractivity contribution in [3.05, 3.63) is 41.1 Å². The van der Waals surface area contributed by atoms with Crippen molar-refractivity contribution in [1.29, 1.82) is 0 Å². The van der Waals surface area contributed by atoms with Gasteiger partial charge in [-0.2, -0.15) is 0 Å². The summed E-state index contributed by atoms with van der Waals surface area (Å²) in [6, 6.07) is 6.03. The van der Waals surface area contributed by atoms with Crippen molar-refractivity contribution in [3.63, 3.8) is 0 Å². The molecule has 110 valence electrons. The van der Waals surface area contributed by atoms with E-state index in [9.17, 15) is 4.79 Å². The predicted molar refractivity (Wildman–Crippen MR) is 81.3 cm³/mol. The summed E-state index contributed by atoms with van der Waals surface area (Å²) in [5.41, 5.74) is 4.05. The predicted octanol–water partition coefficient (Wildman–Crippen LogP) is 3.18. The number of aromatic nitrogens is 1. The van der Waals surface area contributed by atoms with E-state index in [1.165, 1.54) is 5.56 Å². The molecule has 0 atom stereocenters. The highest BCUT2D eigenvalue weighted by molar-refractivity contribution is 5.92. The first-order valence-electron chi connectivity index (χ1n) is 7.21. The molecular formula is C16H19N3O2. The molecule has 1 aliphatic rings. The van der Waals surface area contributed by atoms with Crippen LogP contribution in [0.5, 0.6) is 0 Å². The van der Waals surface area contributed by atoms with Crippen LogP contribution >= 0.6 is 0 Å². The first-order chi connectivity index (χ1) is 10.1. The van der Waals surface area contributed by atoms with Crippen LogP contribution < -0.4 is 10.6 Å². The maximum atomic E-state index is 11.5. The Bertz CT molecular complexity index is 676. The van der Waals surface area contributed by atoms with Crippen LogP contribution in [0.15, 0.2) is 22.6 Å². The first kappa shape index (κ1) is 13.7. The Morgan fingerprint density at radius 3 is 2.95 bits per heavy atom. The second-order valence-electron chi connectivity index (χ2n) is 5.37. The SMILES string of the molecule is Cc1nc(C)c(CNc2ccc3c(c2)CCCC(=O)N3)o1. The first-order valence-corrected chi connectivity index (χ1v) is 7.21. The van der Waals surface area contributed by atoms with Gasteiger partial charge in [-0.1, -0.05) is 0 Å². The summed E-state index contributed by atoms with van der Waals surface area (Å²) in [7, 11) is 0. The molecule has 0 fully saturated rings. The summed E-state index contributed by atoms with van der Waals surface area (Å²) in [6.07, 6.45) is 2.40. The third-order valence-electron chi connectivity index (χ3n) is 3.68. The van der Waals surface area contributed by atoms with Gasteiger partial charge in [0.25, 0.3) is 0 Å². The van der Waals surface area contributed by atoms with Crippen molar-refractivity contribution < 1.29 is 9.21 Å². The maximum Gasteiger partial charge on any atom is 0.224 e. The van der Waals surface area contributed by atoms with Crippen molar-refractivity contribution >= 4 is 17.3 Å². The number of hydrogen-bond donors (Lipinski definition) is 2. The van der Waals surface area contributed by atoms with Crippen LogP contribution in [0, 0.1) is 13.8 Å². The molecule has 0 bridgehead atoms. The van der Waals surface area contributed by atoms with Crippen molar-refractivity contribution in [3.8, 4) is 0 Å². The quantitative estimate of drug-likeness (QED) is 0.909. The van der Waals surface area contributed by atoms with Crippen molar-refractivity contribution in [1.82, 2.24) is 4.98 Å². The Balaban J connectivity index is 1.73. The molecule has 2 heterocycles. The number of anilines is 2. The average Bonchev–Trinajstić information content (AvgIpc) is 2.65. The smallest absolute Gasteiger partial charge is 0.224 e. The number of nitrogens with one attached hydrogen (secondary N) is 2. The van der Waals surface area contributed by atoms with Gasteiger partial charge in [0.2, 0.25) is 5.91 Å². The van der Waals surface area contributed by atoms with Gasteiger partial charge >= 0.3 is 0 Å². The second kappa shape index (κ2) is 5.60. The molecule has 5 heteroatoms. The van der Waals surface area contributed by atoms with E-state index < -0.39 is 0 Å². The maximum absolute atomic E-state index is 11.5. The molecule has 21 heavy (non-hydrogen) atoms. The number of amides is 1. The van der Waals surface area contributed by atoms with Crippen LogP contribution in [0.4, 0.5) is 11.4 Å². The van der Waals surface area contributed by atoms with Gasteiger partial charge in [-0.15, -0.1) is 0 Å². The summed E-state index contributed by atoms with van der Waals surface area (Å²) >= 11 is 0. The van der Waals surface area contributed by atoms with Crippen LogP contribution in [-0.2, 0) is 17.8 Å². The van der Waals surface area contributed by atoms with Crippen molar-refractivity contribution in [2.75, 3.05) is 10.6 Å². The average molecular weight is 285 g/mol. The highest BCUT2D eigenvalue weighted by Gasteiger charge is 2.13. The molecule has 2 aromatic rings. The lowest BCUT2D eigenvalue weighted by Gasteiger charge is -2.10. The Kier molecular flexibility index (Phi) is 3.64. The topological polar surface area (TPSA) is 67.2 Å². The van der Waals surface area contributed by atoms with E-state index in [1.807, 2.05) is 26.0 Å². The minimum atomic E-state index is 0.0993. The lowest BCUT2D eigenvalue weighted by molar-refractivity contribution is -0.116. The lowest BCUT2D eigenvalue weighted by atomic mass is 10.1. The monoisotopic (exact) mass is 285 g/mol. The molecule has 2 N–H and O–H groups in total. The van der Waals surface area contributed by atoms with Gasteiger partial charge in [0.05, 0.1) is 12.2 Å². The second-order valence-corrected chi connectivity index (χ2v) is 5.37. The third-order valence-corrected chi connectivity index (χ3v) is 3.68. The molecule has 1 aliphatic heterocycles. The van der Waals surface area contributed by atoms with Gasteiger partial charge in [0.1, 0.15) is 5.76 Å². The standard InChI is InChI=1S/C16H19N3O2/c1-10-15(21-11(2)18-10)9-17-13-6-7-14-12(8-13)4-3-5-16(20)19-14/h6-8,17H,3-5,9H2,1-2H3,(H,19,20). The van der Waals surface area contributed by atoms with Gasteiger partial charge < -0.3 is 15.1 Å². The molecule has 5 nitrogen and oxygen atoms in total. The molecule has 0 saturated heterocycles. The van der Waals surface area contributed by atoms with Gasteiger partial charge in [-0.05, 0) is 43.5 Å². The minimum Gasteiger partial charge on any atom is -0.444 e. The highest BCUT2D eigenvalue weighted by Crippen LogP contribution is 2.25. The third kappa shape index (κ3) is 3.07. The molecule has 1 aromatic carbocycles. The van der Waals surface area contributed by atoms with E-state index in [2.05, 4.69) is 21.7 Å². The number of fused-ring (bicyclic) bond motifs is 1. The van der Waals surface area contributed by atoms with Crippen LogP contribution in [-0.4, -0.2) is 10.9 Å². The number of carbonyl (C=O) groups excluding carboxylic acids is 1. The normalized spacial score (nSPS) is 14.3. The van der Waals surface area contributed by atoms with Gasteiger partial charge in [-0.3, -0.25) is 4.79 Å². The van der Waals surface area contributed by atoms with Crippen LogP contribution in [0.3, 0.4) is 0 Å². The van der Waals surface area contributed by atoms with E-state index in [-0.39, 0.29) is 5.91 Å². The number of hydrogen-bond acceptors (Lipinski definition) is 4. The number of nitrogens with zero attached hydrogens (tertiary/aromatic N) is 1. The van der Waals surface area contributed by atoms with E-state index in [0.29, 0.717) is 18.9 Å². The Hall–Kier alpha value is -2.30. The molecule has 0 spiro atoms. The fraction of sp³-hybridized carbons (Fsp3) is 0.375. The summed E-state index contributed by atoms with van der Waals surface area (Å²) < 4.78 is 5.55. The Morgan fingerprint density at radius 2 is 2.19 bits per heavy atom. The number of benzene rings is 1. The molecule has 1 amide bonds. The Labute approximate surface area is 123 Å². The lowest BCUT2D eigenvalue weighted by Crippen LogP contribution is -2.09. The summed E-state index contributed by atoms with van der Waals surface area (Å²) in [6.45, 7) is 4.40. The summed E-state index contributed by atoms with van der Waals surface area (Å²) in [4.78, 5) is 15.8. The van der Waals surface area contributed by atoms with Crippen molar-refractivity contribution in [2.45, 2.75) is 39.7 Å². The zero-order chi connectivity index (χ0) is 14.8. The fourth-order valence-corrected chi connectivity index (χ4v) is 2.60. The fourth-order valence-electron chi connectivity index (χ4n) is 2.60. The van der Waals surface area contributed by atoms with Gasteiger partial charge in [0.15, 0.2) is 5.89 Å². The summed E-state index contributed by atoms with van der Waals surface area (Å²) in [5, 5.41) is 6.29. The molecule has 0 aliphatic carbocycles. The molecule has 3 rings (SSSR count). The number of oxazole rings is 1. The number of carbonyl (C=O) groups is 1. The summed E-state index contributed by atoms with van der Waals surface area (Å²) in [5.74, 6) is 1.65. The molecular weight excluding hydrogens is 266 g/mol. The van der Waals surface area contributed by atoms with E-state index in [4.69, 9.17) is 4.42 Å².